The molecule has 3 N–H and O–H groups in total. The Labute approximate surface area is 110 Å². The van der Waals surface area contributed by atoms with Gasteiger partial charge >= 0.3 is 0 Å². The van der Waals surface area contributed by atoms with Crippen molar-refractivity contribution < 1.29 is 4.79 Å². The summed E-state index contributed by atoms with van der Waals surface area (Å²) in [5.41, 5.74) is 5.77. The summed E-state index contributed by atoms with van der Waals surface area (Å²) in [5.74, 6) is 0.00664. The average molecular weight is 273 g/mol. The van der Waals surface area contributed by atoms with Crippen LogP contribution in [0.2, 0.25) is 10.0 Å². The first-order chi connectivity index (χ1) is 8.10. The summed E-state index contributed by atoms with van der Waals surface area (Å²) in [6, 6.07) is 5.27. The minimum absolute atomic E-state index is 0.00664. The maximum absolute atomic E-state index is 12.1. The van der Waals surface area contributed by atoms with Gasteiger partial charge in [-0.15, -0.1) is 0 Å². The van der Waals surface area contributed by atoms with Crippen LogP contribution in [0.1, 0.15) is 18.4 Å². The van der Waals surface area contributed by atoms with Crippen LogP contribution in [-0.4, -0.2) is 19.0 Å². The fraction of sp³-hybridized carbons (Fsp3) is 0.417. The Morgan fingerprint density at radius 1 is 1.41 bits per heavy atom. The van der Waals surface area contributed by atoms with Crippen molar-refractivity contribution in [2.75, 3.05) is 13.1 Å². The molecule has 1 aromatic rings. The number of benzene rings is 1. The number of amides is 1. The highest BCUT2D eigenvalue weighted by Crippen LogP contribution is 2.50. The van der Waals surface area contributed by atoms with Crippen LogP contribution in [-0.2, 0) is 10.2 Å². The van der Waals surface area contributed by atoms with Crippen molar-refractivity contribution in [3.8, 4) is 0 Å². The fourth-order valence-corrected chi connectivity index (χ4v) is 2.57. The number of hydrogen-bond acceptors (Lipinski definition) is 2. The van der Waals surface area contributed by atoms with Gasteiger partial charge in [0, 0.05) is 23.1 Å². The van der Waals surface area contributed by atoms with E-state index >= 15 is 0 Å². The molecule has 2 rings (SSSR count). The summed E-state index contributed by atoms with van der Waals surface area (Å²) in [6.45, 7) is 0.933. The van der Waals surface area contributed by atoms with Gasteiger partial charge in [0.2, 0.25) is 5.91 Å². The molecule has 0 radical (unpaired) electrons. The van der Waals surface area contributed by atoms with Gasteiger partial charge in [-0.3, -0.25) is 4.79 Å². The second-order valence-electron chi connectivity index (χ2n) is 4.25. The van der Waals surface area contributed by atoms with Crippen LogP contribution in [0.15, 0.2) is 18.2 Å². The lowest BCUT2D eigenvalue weighted by Crippen LogP contribution is -2.37. The van der Waals surface area contributed by atoms with Crippen LogP contribution >= 0.6 is 23.2 Å². The van der Waals surface area contributed by atoms with Crippen molar-refractivity contribution in [3.63, 3.8) is 0 Å². The zero-order valence-corrected chi connectivity index (χ0v) is 10.8. The van der Waals surface area contributed by atoms with Gasteiger partial charge in [0.05, 0.1) is 5.41 Å². The molecule has 3 nitrogen and oxygen atoms in total. The second kappa shape index (κ2) is 4.84. The van der Waals surface area contributed by atoms with E-state index in [0.29, 0.717) is 23.1 Å². The monoisotopic (exact) mass is 272 g/mol. The smallest absolute Gasteiger partial charge is 0.230 e. The number of carbonyl (C=O) groups is 1. The lowest BCUT2D eigenvalue weighted by molar-refractivity contribution is -0.123. The molecule has 92 valence electrons. The molecule has 0 heterocycles. The lowest BCUT2D eigenvalue weighted by atomic mass is 9.95. The summed E-state index contributed by atoms with van der Waals surface area (Å²) >= 11 is 12.0. The topological polar surface area (TPSA) is 55.1 Å². The van der Waals surface area contributed by atoms with E-state index in [2.05, 4.69) is 5.32 Å². The zero-order chi connectivity index (χ0) is 12.5. The Balaban J connectivity index is 2.23. The van der Waals surface area contributed by atoms with Crippen molar-refractivity contribution in [2.45, 2.75) is 18.3 Å². The van der Waals surface area contributed by atoms with Crippen LogP contribution in [0.5, 0.6) is 0 Å². The van der Waals surface area contributed by atoms with Gasteiger partial charge in [-0.05, 0) is 30.5 Å². The predicted molar refractivity (Wildman–Crippen MR) is 69.4 cm³/mol. The summed E-state index contributed by atoms with van der Waals surface area (Å²) in [4.78, 5) is 12.1. The molecular weight excluding hydrogens is 259 g/mol. The highest BCUT2D eigenvalue weighted by molar-refractivity contribution is 6.35. The minimum atomic E-state index is -0.461. The lowest BCUT2D eigenvalue weighted by Gasteiger charge is -2.17. The predicted octanol–water partition coefficient (Wildman–Crippen LogP) is 2.10. The number of nitrogens with one attached hydrogen (secondary N) is 1. The van der Waals surface area contributed by atoms with Crippen molar-refractivity contribution in [3.05, 3.63) is 33.8 Å². The first-order valence-electron chi connectivity index (χ1n) is 5.54. The molecule has 1 fully saturated rings. The van der Waals surface area contributed by atoms with Crippen molar-refractivity contribution in [1.82, 2.24) is 5.32 Å². The van der Waals surface area contributed by atoms with Gasteiger partial charge in [0.1, 0.15) is 0 Å². The van der Waals surface area contributed by atoms with Crippen molar-refractivity contribution >= 4 is 29.1 Å². The second-order valence-corrected chi connectivity index (χ2v) is 5.09. The van der Waals surface area contributed by atoms with E-state index in [1.807, 2.05) is 6.07 Å². The minimum Gasteiger partial charge on any atom is -0.354 e. The molecule has 0 saturated heterocycles. The number of rotatable bonds is 4. The van der Waals surface area contributed by atoms with E-state index in [1.54, 1.807) is 12.1 Å². The van der Waals surface area contributed by atoms with Crippen molar-refractivity contribution in [2.24, 2.45) is 5.73 Å². The average Bonchev–Trinajstić information content (AvgIpc) is 3.07. The third-order valence-corrected chi connectivity index (χ3v) is 3.61. The van der Waals surface area contributed by atoms with Crippen LogP contribution in [0.3, 0.4) is 0 Å². The van der Waals surface area contributed by atoms with E-state index in [4.69, 9.17) is 28.9 Å². The van der Waals surface area contributed by atoms with E-state index < -0.39 is 5.41 Å². The first kappa shape index (κ1) is 12.7. The molecule has 17 heavy (non-hydrogen) atoms. The molecule has 1 aromatic carbocycles. The van der Waals surface area contributed by atoms with Gasteiger partial charge in [0.25, 0.3) is 0 Å². The summed E-state index contributed by atoms with van der Waals surface area (Å²) in [5, 5.41) is 3.95. The van der Waals surface area contributed by atoms with Crippen LogP contribution < -0.4 is 11.1 Å². The van der Waals surface area contributed by atoms with Crippen molar-refractivity contribution in [1.29, 1.82) is 0 Å². The van der Waals surface area contributed by atoms with E-state index in [9.17, 15) is 4.79 Å². The van der Waals surface area contributed by atoms with Gasteiger partial charge in [-0.2, -0.15) is 0 Å². The Morgan fingerprint density at radius 2 is 2.12 bits per heavy atom. The highest BCUT2D eigenvalue weighted by Gasteiger charge is 2.52. The molecule has 0 spiro atoms. The van der Waals surface area contributed by atoms with E-state index in [-0.39, 0.29) is 5.91 Å². The number of carbonyl (C=O) groups excluding carboxylic acids is 1. The molecular formula is C12H14Cl2N2O. The molecule has 1 aliphatic rings. The summed E-state index contributed by atoms with van der Waals surface area (Å²) in [7, 11) is 0. The molecule has 0 aliphatic heterocycles. The quantitative estimate of drug-likeness (QED) is 0.882. The van der Waals surface area contributed by atoms with Gasteiger partial charge in [0.15, 0.2) is 0 Å². The Morgan fingerprint density at radius 3 is 2.65 bits per heavy atom. The fourth-order valence-electron chi connectivity index (χ4n) is 1.98. The SMILES string of the molecule is NCCNC(=O)C1(c2ccc(Cl)cc2Cl)CC1. The Kier molecular flexibility index (Phi) is 3.61. The molecule has 0 bridgehead atoms. The summed E-state index contributed by atoms with van der Waals surface area (Å²) < 4.78 is 0. The normalized spacial score (nSPS) is 16.6. The van der Waals surface area contributed by atoms with E-state index in [0.717, 1.165) is 18.4 Å². The Bertz CT molecular complexity index is 444. The van der Waals surface area contributed by atoms with Crippen LogP contribution in [0.25, 0.3) is 0 Å². The molecule has 1 aliphatic carbocycles. The molecule has 0 atom stereocenters. The third-order valence-electron chi connectivity index (χ3n) is 3.06. The number of nitrogens with two attached hydrogens (primary N) is 1. The number of hydrogen-bond donors (Lipinski definition) is 2. The van der Waals surface area contributed by atoms with Crippen LogP contribution in [0, 0.1) is 0 Å². The molecule has 5 heteroatoms. The zero-order valence-electron chi connectivity index (χ0n) is 9.30. The largest absolute Gasteiger partial charge is 0.354 e. The van der Waals surface area contributed by atoms with Crippen LogP contribution in [0.4, 0.5) is 0 Å². The highest BCUT2D eigenvalue weighted by atomic mass is 35.5. The summed E-state index contributed by atoms with van der Waals surface area (Å²) in [6.07, 6.45) is 1.65. The standard InChI is InChI=1S/C12H14Cl2N2O/c13-8-1-2-9(10(14)7-8)12(3-4-12)11(17)16-6-5-15/h1-2,7H,3-6,15H2,(H,16,17). The van der Waals surface area contributed by atoms with Gasteiger partial charge < -0.3 is 11.1 Å². The number of halogens is 2. The third kappa shape index (κ3) is 2.41. The molecule has 0 unspecified atom stereocenters. The first-order valence-corrected chi connectivity index (χ1v) is 6.29. The van der Waals surface area contributed by atoms with E-state index in [1.165, 1.54) is 0 Å². The molecule has 1 saturated carbocycles. The molecule has 0 aromatic heterocycles. The maximum atomic E-state index is 12.1. The van der Waals surface area contributed by atoms with Gasteiger partial charge in [-0.25, -0.2) is 0 Å². The Hall–Kier alpha value is -0.770. The molecule has 1 amide bonds. The maximum Gasteiger partial charge on any atom is 0.230 e. The van der Waals surface area contributed by atoms with Gasteiger partial charge in [-0.1, -0.05) is 29.3 Å².